The Labute approximate surface area is 121 Å². The lowest BCUT2D eigenvalue weighted by Gasteiger charge is -2.07. The highest BCUT2D eigenvalue weighted by atomic mass is 14.8. The fraction of sp³-hybridized carbons (Fsp3) is 0.263. The van der Waals surface area contributed by atoms with E-state index in [1.165, 1.54) is 35.1 Å². The molecule has 2 aromatic rings. The molecule has 20 heavy (non-hydrogen) atoms. The maximum Gasteiger partial charge on any atom is 0.0205 e. The van der Waals surface area contributed by atoms with Gasteiger partial charge in [0.2, 0.25) is 0 Å². The lowest BCUT2D eigenvalue weighted by atomic mass is 10.0. The highest BCUT2D eigenvalue weighted by Gasteiger charge is 2.11. The van der Waals surface area contributed by atoms with Crippen LogP contribution in [0.4, 0.5) is 0 Å². The molecule has 3 rings (SSSR count). The van der Waals surface area contributed by atoms with Crippen molar-refractivity contribution in [2.24, 2.45) is 0 Å². The molecule has 0 radical (unpaired) electrons. The zero-order chi connectivity index (χ0) is 13.6. The molecule has 0 fully saturated rings. The lowest BCUT2D eigenvalue weighted by Crippen LogP contribution is -2.14. The second-order valence-corrected chi connectivity index (χ2v) is 5.36. The molecule has 1 N–H and O–H groups in total. The van der Waals surface area contributed by atoms with Crippen LogP contribution in [0.3, 0.4) is 0 Å². The van der Waals surface area contributed by atoms with Gasteiger partial charge in [0, 0.05) is 6.54 Å². The number of hydrogen-bond donors (Lipinski definition) is 1. The molecule has 1 aliphatic rings. The summed E-state index contributed by atoms with van der Waals surface area (Å²) in [4.78, 5) is 0. The topological polar surface area (TPSA) is 12.0 Å². The van der Waals surface area contributed by atoms with Crippen LogP contribution in [-0.4, -0.2) is 6.54 Å². The molecule has 0 atom stereocenters. The third kappa shape index (κ3) is 3.17. The molecular formula is C19H21N. The van der Waals surface area contributed by atoms with E-state index in [4.69, 9.17) is 0 Å². The first-order valence-electron chi connectivity index (χ1n) is 7.45. The maximum absolute atomic E-state index is 3.52. The van der Waals surface area contributed by atoms with E-state index >= 15 is 0 Å². The fourth-order valence-corrected chi connectivity index (χ4v) is 2.82. The minimum Gasteiger partial charge on any atom is -0.313 e. The van der Waals surface area contributed by atoms with Crippen LogP contribution in [0.2, 0.25) is 0 Å². The highest BCUT2D eigenvalue weighted by Crippen LogP contribution is 2.30. The number of benzene rings is 2. The third-order valence-electron chi connectivity index (χ3n) is 3.90. The van der Waals surface area contributed by atoms with Crippen LogP contribution in [-0.2, 0) is 13.0 Å². The SMILES string of the molecule is C1=C(CCCNCc2ccccc2)c2ccccc2C1. The molecular weight excluding hydrogens is 242 g/mol. The molecule has 102 valence electrons. The first kappa shape index (κ1) is 13.1. The van der Waals surface area contributed by atoms with E-state index in [0.29, 0.717) is 0 Å². The number of allylic oxidation sites excluding steroid dienone is 2. The largest absolute Gasteiger partial charge is 0.313 e. The normalized spacial score (nSPS) is 13.1. The fourth-order valence-electron chi connectivity index (χ4n) is 2.82. The van der Waals surface area contributed by atoms with Crippen molar-refractivity contribution in [3.63, 3.8) is 0 Å². The molecule has 0 saturated carbocycles. The molecule has 0 saturated heterocycles. The number of hydrogen-bond acceptors (Lipinski definition) is 1. The lowest BCUT2D eigenvalue weighted by molar-refractivity contribution is 0.658. The molecule has 0 unspecified atom stereocenters. The average Bonchev–Trinajstić information content (AvgIpc) is 2.91. The Bertz CT molecular complexity index is 584. The van der Waals surface area contributed by atoms with Crippen LogP contribution in [0.5, 0.6) is 0 Å². The summed E-state index contributed by atoms with van der Waals surface area (Å²) in [5.74, 6) is 0. The van der Waals surface area contributed by atoms with Gasteiger partial charge in [-0.05, 0) is 48.1 Å². The van der Waals surface area contributed by atoms with Crippen LogP contribution in [0, 0.1) is 0 Å². The quantitative estimate of drug-likeness (QED) is 0.770. The maximum atomic E-state index is 3.52. The van der Waals surface area contributed by atoms with Crippen molar-refractivity contribution in [1.82, 2.24) is 5.32 Å². The Morgan fingerprint density at radius 1 is 0.900 bits per heavy atom. The summed E-state index contributed by atoms with van der Waals surface area (Å²) in [7, 11) is 0. The molecule has 0 spiro atoms. The molecule has 0 bridgehead atoms. The van der Waals surface area contributed by atoms with Crippen LogP contribution in [0.1, 0.15) is 29.5 Å². The van der Waals surface area contributed by atoms with Gasteiger partial charge in [0.05, 0.1) is 0 Å². The Morgan fingerprint density at radius 3 is 2.60 bits per heavy atom. The molecule has 0 amide bonds. The van der Waals surface area contributed by atoms with Gasteiger partial charge in [-0.15, -0.1) is 0 Å². The van der Waals surface area contributed by atoms with Gasteiger partial charge < -0.3 is 5.32 Å². The van der Waals surface area contributed by atoms with E-state index in [-0.39, 0.29) is 0 Å². The Kier molecular flexibility index (Phi) is 4.29. The summed E-state index contributed by atoms with van der Waals surface area (Å²) in [6.45, 7) is 2.05. The van der Waals surface area contributed by atoms with E-state index in [9.17, 15) is 0 Å². The van der Waals surface area contributed by atoms with Gasteiger partial charge in [0.1, 0.15) is 0 Å². The standard InChI is InChI=1S/C19H21N/c1-2-7-16(8-3-1)15-20-14-6-10-18-13-12-17-9-4-5-11-19(17)18/h1-5,7-9,11,13,20H,6,10,12,14-15H2. The van der Waals surface area contributed by atoms with Gasteiger partial charge in [-0.3, -0.25) is 0 Å². The summed E-state index contributed by atoms with van der Waals surface area (Å²) in [5, 5.41) is 3.52. The summed E-state index contributed by atoms with van der Waals surface area (Å²) in [6.07, 6.45) is 5.89. The Hall–Kier alpha value is -1.86. The third-order valence-corrected chi connectivity index (χ3v) is 3.90. The Morgan fingerprint density at radius 2 is 1.70 bits per heavy atom. The van der Waals surface area contributed by atoms with Crippen LogP contribution in [0.15, 0.2) is 60.7 Å². The van der Waals surface area contributed by atoms with Crippen molar-refractivity contribution in [3.8, 4) is 0 Å². The second-order valence-electron chi connectivity index (χ2n) is 5.36. The summed E-state index contributed by atoms with van der Waals surface area (Å²) >= 11 is 0. The van der Waals surface area contributed by atoms with E-state index in [1.807, 2.05) is 0 Å². The zero-order valence-corrected chi connectivity index (χ0v) is 11.8. The van der Waals surface area contributed by atoms with E-state index < -0.39 is 0 Å². The molecule has 1 heteroatoms. The molecule has 0 aliphatic heterocycles. The van der Waals surface area contributed by atoms with Gasteiger partial charge in [-0.25, -0.2) is 0 Å². The van der Waals surface area contributed by atoms with E-state index in [2.05, 4.69) is 66.0 Å². The second kappa shape index (κ2) is 6.53. The minimum absolute atomic E-state index is 0.969. The number of nitrogens with one attached hydrogen (secondary N) is 1. The zero-order valence-electron chi connectivity index (χ0n) is 11.8. The Balaban J connectivity index is 1.41. The first-order valence-corrected chi connectivity index (χ1v) is 7.45. The van der Waals surface area contributed by atoms with Crippen LogP contribution < -0.4 is 5.32 Å². The molecule has 0 heterocycles. The van der Waals surface area contributed by atoms with Crippen LogP contribution in [0.25, 0.3) is 5.57 Å². The average molecular weight is 263 g/mol. The molecule has 1 aliphatic carbocycles. The summed E-state index contributed by atoms with van der Waals surface area (Å²) < 4.78 is 0. The summed E-state index contributed by atoms with van der Waals surface area (Å²) in [6, 6.07) is 19.4. The van der Waals surface area contributed by atoms with Gasteiger partial charge in [-0.2, -0.15) is 0 Å². The van der Waals surface area contributed by atoms with Gasteiger partial charge in [0.15, 0.2) is 0 Å². The predicted molar refractivity (Wildman–Crippen MR) is 85.5 cm³/mol. The van der Waals surface area contributed by atoms with Gasteiger partial charge in [0.25, 0.3) is 0 Å². The van der Waals surface area contributed by atoms with E-state index in [0.717, 1.165) is 19.5 Å². The monoisotopic (exact) mass is 263 g/mol. The van der Waals surface area contributed by atoms with Crippen LogP contribution >= 0.6 is 0 Å². The van der Waals surface area contributed by atoms with Crippen molar-refractivity contribution in [1.29, 1.82) is 0 Å². The summed E-state index contributed by atoms with van der Waals surface area (Å²) in [5.41, 5.74) is 5.84. The van der Waals surface area contributed by atoms with Gasteiger partial charge in [-0.1, -0.05) is 60.7 Å². The highest BCUT2D eigenvalue weighted by molar-refractivity contribution is 5.72. The van der Waals surface area contributed by atoms with Crippen molar-refractivity contribution >= 4 is 5.57 Å². The predicted octanol–water partition coefficient (Wildman–Crippen LogP) is 4.20. The smallest absolute Gasteiger partial charge is 0.0205 e. The number of rotatable bonds is 6. The molecule has 1 nitrogen and oxygen atoms in total. The van der Waals surface area contributed by atoms with E-state index in [1.54, 1.807) is 0 Å². The van der Waals surface area contributed by atoms with Crippen molar-refractivity contribution in [2.75, 3.05) is 6.54 Å². The van der Waals surface area contributed by atoms with Gasteiger partial charge >= 0.3 is 0 Å². The number of fused-ring (bicyclic) bond motifs is 1. The van der Waals surface area contributed by atoms with Crippen molar-refractivity contribution in [3.05, 3.63) is 77.4 Å². The molecule has 0 aromatic heterocycles. The molecule has 2 aromatic carbocycles. The van der Waals surface area contributed by atoms with Crippen molar-refractivity contribution in [2.45, 2.75) is 25.8 Å². The minimum atomic E-state index is 0.969. The first-order chi connectivity index (χ1) is 9.93. The van der Waals surface area contributed by atoms with Crippen molar-refractivity contribution < 1.29 is 0 Å².